The first-order chi connectivity index (χ1) is 16.3. The molecule has 0 radical (unpaired) electrons. The van der Waals surface area contributed by atoms with Crippen molar-refractivity contribution in [2.24, 2.45) is 0 Å². The fraction of sp³-hybridized carbons (Fsp3) is 0.310. The van der Waals surface area contributed by atoms with Crippen molar-refractivity contribution >= 4 is 11.8 Å². The number of carbonyl (C=O) groups is 2. The molecule has 0 saturated heterocycles. The molecule has 3 aromatic rings. The van der Waals surface area contributed by atoms with Crippen LogP contribution in [0.5, 0.6) is 5.75 Å². The lowest BCUT2D eigenvalue weighted by Gasteiger charge is -2.32. The third-order valence-electron chi connectivity index (χ3n) is 5.69. The third-order valence-corrected chi connectivity index (χ3v) is 5.69. The fourth-order valence-corrected chi connectivity index (χ4v) is 3.77. The van der Waals surface area contributed by atoms with E-state index in [2.05, 4.69) is 5.32 Å². The van der Waals surface area contributed by atoms with Crippen LogP contribution in [0, 0.1) is 13.8 Å². The molecular formula is C29H34N2O3. The SMILES string of the molecule is Cc1ccc(OCC(=O)N(Cc2ccccc2C)[C@@H](Cc2ccccc2)C(=O)NC(C)C)cc1. The van der Waals surface area contributed by atoms with Crippen LogP contribution >= 0.6 is 0 Å². The van der Waals surface area contributed by atoms with Crippen LogP contribution in [-0.4, -0.2) is 35.4 Å². The van der Waals surface area contributed by atoms with Crippen molar-refractivity contribution in [3.8, 4) is 5.75 Å². The van der Waals surface area contributed by atoms with E-state index in [4.69, 9.17) is 4.74 Å². The van der Waals surface area contributed by atoms with E-state index in [-0.39, 0.29) is 24.5 Å². The molecule has 0 aliphatic heterocycles. The van der Waals surface area contributed by atoms with E-state index < -0.39 is 6.04 Å². The molecule has 5 heteroatoms. The van der Waals surface area contributed by atoms with Crippen LogP contribution in [0.4, 0.5) is 0 Å². The van der Waals surface area contributed by atoms with Crippen LogP contribution in [0.3, 0.4) is 0 Å². The first-order valence-electron chi connectivity index (χ1n) is 11.7. The Labute approximate surface area is 202 Å². The average molecular weight is 459 g/mol. The predicted octanol–water partition coefficient (Wildman–Crippen LogP) is 4.85. The van der Waals surface area contributed by atoms with Gasteiger partial charge in [-0.25, -0.2) is 0 Å². The normalized spacial score (nSPS) is 11.7. The number of amides is 2. The van der Waals surface area contributed by atoms with Crippen molar-refractivity contribution in [2.75, 3.05) is 6.61 Å². The summed E-state index contributed by atoms with van der Waals surface area (Å²) in [5.41, 5.74) is 4.19. The number of aryl methyl sites for hydroxylation is 2. The van der Waals surface area contributed by atoms with E-state index in [0.29, 0.717) is 18.7 Å². The van der Waals surface area contributed by atoms with E-state index in [0.717, 1.165) is 22.3 Å². The summed E-state index contributed by atoms with van der Waals surface area (Å²) in [6.07, 6.45) is 0.418. The number of rotatable bonds is 10. The number of carbonyl (C=O) groups excluding carboxylic acids is 2. The van der Waals surface area contributed by atoms with Crippen LogP contribution in [-0.2, 0) is 22.6 Å². The van der Waals surface area contributed by atoms with Gasteiger partial charge in [0.15, 0.2) is 6.61 Å². The Morgan fingerprint density at radius 1 is 0.882 bits per heavy atom. The lowest BCUT2D eigenvalue weighted by molar-refractivity contribution is -0.143. The molecule has 0 heterocycles. The van der Waals surface area contributed by atoms with Gasteiger partial charge >= 0.3 is 0 Å². The lowest BCUT2D eigenvalue weighted by Crippen LogP contribution is -2.52. The summed E-state index contributed by atoms with van der Waals surface area (Å²) in [5, 5.41) is 3.01. The minimum Gasteiger partial charge on any atom is -0.484 e. The van der Waals surface area contributed by atoms with Gasteiger partial charge in [-0.15, -0.1) is 0 Å². The largest absolute Gasteiger partial charge is 0.484 e. The maximum Gasteiger partial charge on any atom is 0.261 e. The van der Waals surface area contributed by atoms with Gasteiger partial charge in [0.25, 0.3) is 5.91 Å². The number of nitrogens with one attached hydrogen (secondary N) is 1. The standard InChI is InChI=1S/C29H34N2O3/c1-21(2)30-29(33)27(18-24-11-6-5-7-12-24)31(19-25-13-9-8-10-23(25)4)28(32)20-34-26-16-14-22(3)15-17-26/h5-17,21,27H,18-20H2,1-4H3,(H,30,33)/t27-/m0/s1. The molecule has 0 fully saturated rings. The number of hydrogen-bond acceptors (Lipinski definition) is 3. The molecule has 3 rings (SSSR count). The molecule has 0 unspecified atom stereocenters. The van der Waals surface area contributed by atoms with Gasteiger partial charge in [0.2, 0.25) is 5.91 Å². The summed E-state index contributed by atoms with van der Waals surface area (Å²) in [6.45, 7) is 8.04. The second-order valence-corrected chi connectivity index (χ2v) is 8.92. The molecule has 1 N–H and O–H groups in total. The molecule has 3 aromatic carbocycles. The Morgan fingerprint density at radius 2 is 1.53 bits per heavy atom. The molecule has 5 nitrogen and oxygen atoms in total. The van der Waals surface area contributed by atoms with Gasteiger partial charge in [0.1, 0.15) is 11.8 Å². The first kappa shape index (κ1) is 25.0. The van der Waals surface area contributed by atoms with E-state index >= 15 is 0 Å². The highest BCUT2D eigenvalue weighted by atomic mass is 16.5. The van der Waals surface area contributed by atoms with Crippen molar-refractivity contribution in [1.29, 1.82) is 0 Å². The first-order valence-corrected chi connectivity index (χ1v) is 11.7. The minimum absolute atomic E-state index is 0.0370. The molecule has 0 aliphatic carbocycles. The highest BCUT2D eigenvalue weighted by molar-refractivity contribution is 5.88. The van der Waals surface area contributed by atoms with Gasteiger partial charge < -0.3 is 15.0 Å². The molecule has 0 spiro atoms. The van der Waals surface area contributed by atoms with Crippen molar-refractivity contribution in [3.63, 3.8) is 0 Å². The van der Waals surface area contributed by atoms with E-state index in [1.807, 2.05) is 107 Å². The zero-order valence-corrected chi connectivity index (χ0v) is 20.5. The summed E-state index contributed by atoms with van der Waals surface area (Å²) in [5.74, 6) is 0.223. The molecule has 34 heavy (non-hydrogen) atoms. The molecule has 1 atom stereocenters. The zero-order valence-electron chi connectivity index (χ0n) is 20.5. The van der Waals surface area contributed by atoms with Crippen LogP contribution in [0.15, 0.2) is 78.9 Å². The summed E-state index contributed by atoms with van der Waals surface area (Å²) in [6, 6.07) is 24.6. The second-order valence-electron chi connectivity index (χ2n) is 8.92. The van der Waals surface area contributed by atoms with Gasteiger partial charge in [0, 0.05) is 19.0 Å². The van der Waals surface area contributed by atoms with Crippen LogP contribution in [0.1, 0.15) is 36.1 Å². The predicted molar refractivity (Wildman–Crippen MR) is 136 cm³/mol. The third kappa shape index (κ3) is 7.20. The lowest BCUT2D eigenvalue weighted by atomic mass is 10.0. The van der Waals surface area contributed by atoms with Gasteiger partial charge in [-0.2, -0.15) is 0 Å². The monoisotopic (exact) mass is 458 g/mol. The average Bonchev–Trinajstić information content (AvgIpc) is 2.82. The molecule has 0 aliphatic rings. The summed E-state index contributed by atoms with van der Waals surface area (Å²) < 4.78 is 5.81. The minimum atomic E-state index is -0.668. The second kappa shape index (κ2) is 12.0. The summed E-state index contributed by atoms with van der Waals surface area (Å²) >= 11 is 0. The number of hydrogen-bond donors (Lipinski definition) is 1. The van der Waals surface area contributed by atoms with Crippen LogP contribution < -0.4 is 10.1 Å². The van der Waals surface area contributed by atoms with Crippen molar-refractivity contribution < 1.29 is 14.3 Å². The zero-order chi connectivity index (χ0) is 24.5. The van der Waals surface area contributed by atoms with Crippen molar-refractivity contribution in [2.45, 2.75) is 52.7 Å². The summed E-state index contributed by atoms with van der Waals surface area (Å²) in [7, 11) is 0. The Morgan fingerprint density at radius 3 is 2.18 bits per heavy atom. The number of benzene rings is 3. The smallest absolute Gasteiger partial charge is 0.261 e. The maximum absolute atomic E-state index is 13.5. The molecule has 0 saturated carbocycles. The molecular weight excluding hydrogens is 424 g/mol. The van der Waals surface area contributed by atoms with E-state index in [1.165, 1.54) is 0 Å². The molecule has 0 aromatic heterocycles. The van der Waals surface area contributed by atoms with Crippen LogP contribution in [0.2, 0.25) is 0 Å². The fourth-order valence-electron chi connectivity index (χ4n) is 3.77. The number of nitrogens with zero attached hydrogens (tertiary/aromatic N) is 1. The van der Waals surface area contributed by atoms with E-state index in [9.17, 15) is 9.59 Å². The molecule has 0 bridgehead atoms. The summed E-state index contributed by atoms with van der Waals surface area (Å²) in [4.78, 5) is 28.5. The Hall–Kier alpha value is -3.60. The Kier molecular flexibility index (Phi) is 8.86. The van der Waals surface area contributed by atoms with Crippen LogP contribution in [0.25, 0.3) is 0 Å². The highest BCUT2D eigenvalue weighted by Crippen LogP contribution is 2.18. The van der Waals surface area contributed by atoms with Crippen molar-refractivity contribution in [3.05, 3.63) is 101 Å². The Bertz CT molecular complexity index is 1080. The molecule has 178 valence electrons. The van der Waals surface area contributed by atoms with Crippen molar-refractivity contribution in [1.82, 2.24) is 10.2 Å². The topological polar surface area (TPSA) is 58.6 Å². The van der Waals surface area contributed by atoms with Gasteiger partial charge in [-0.1, -0.05) is 72.3 Å². The van der Waals surface area contributed by atoms with E-state index in [1.54, 1.807) is 4.90 Å². The highest BCUT2D eigenvalue weighted by Gasteiger charge is 2.31. The quantitative estimate of drug-likeness (QED) is 0.473. The maximum atomic E-state index is 13.5. The van der Waals surface area contributed by atoms with Gasteiger partial charge in [0.05, 0.1) is 0 Å². The van der Waals surface area contributed by atoms with Gasteiger partial charge in [-0.05, 0) is 56.5 Å². The Balaban J connectivity index is 1.91. The molecule has 2 amide bonds. The van der Waals surface area contributed by atoms with Gasteiger partial charge in [-0.3, -0.25) is 9.59 Å². The number of ether oxygens (including phenoxy) is 1.